The summed E-state index contributed by atoms with van der Waals surface area (Å²) in [5.74, 6) is -0.530. The number of carbonyl (C=O) groups excluding carboxylic acids is 1. The lowest BCUT2D eigenvalue weighted by Crippen LogP contribution is -2.30. The zero-order valence-electron chi connectivity index (χ0n) is 14.9. The van der Waals surface area contributed by atoms with Gasteiger partial charge < -0.3 is 14.8 Å². The molecular weight excluding hydrogens is 377 g/mol. The topological polar surface area (TPSA) is 87.2 Å². The molecule has 1 aromatic heterocycles. The monoisotopic (exact) mass is 396 g/mol. The van der Waals surface area contributed by atoms with Gasteiger partial charge in [-0.1, -0.05) is 0 Å². The van der Waals surface area contributed by atoms with Crippen LogP contribution in [0.2, 0.25) is 0 Å². The summed E-state index contributed by atoms with van der Waals surface area (Å²) >= 11 is 0. The quantitative estimate of drug-likeness (QED) is 0.811. The molecule has 1 saturated heterocycles. The molecule has 3 rings (SSSR count). The Bertz CT molecular complexity index is 975. The maximum Gasteiger partial charge on any atom is 0.416 e. The van der Waals surface area contributed by atoms with Gasteiger partial charge in [0.25, 0.3) is 5.56 Å². The second kappa shape index (κ2) is 7.91. The van der Waals surface area contributed by atoms with Gasteiger partial charge in [0.05, 0.1) is 16.9 Å². The average Bonchev–Trinajstić information content (AvgIpc) is 3.14. The molecule has 7 nitrogen and oxygen atoms in total. The molecule has 0 radical (unpaired) electrons. The van der Waals surface area contributed by atoms with E-state index < -0.39 is 28.9 Å². The van der Waals surface area contributed by atoms with Crippen molar-refractivity contribution in [2.75, 3.05) is 23.3 Å². The minimum Gasteiger partial charge on any atom is -0.370 e. The first-order valence-electron chi connectivity index (χ1n) is 8.80. The number of hydrogen-bond acceptors (Lipinski definition) is 4. The second-order valence-electron chi connectivity index (χ2n) is 6.53. The molecular formula is C18H19F3N4O3. The SMILES string of the molecule is O=C(CCn1ccc(=O)[nH]c1=O)Nc1cc(C(F)(F)F)ccc1N1CCCC1. The van der Waals surface area contributed by atoms with Crippen LogP contribution < -0.4 is 21.5 Å². The third-order valence-electron chi connectivity index (χ3n) is 4.52. The molecule has 2 aromatic rings. The molecule has 1 fully saturated rings. The number of halogens is 3. The lowest BCUT2D eigenvalue weighted by Gasteiger charge is -2.23. The summed E-state index contributed by atoms with van der Waals surface area (Å²) in [6.45, 7) is 1.40. The van der Waals surface area contributed by atoms with Crippen LogP contribution >= 0.6 is 0 Å². The Balaban J connectivity index is 1.77. The van der Waals surface area contributed by atoms with Gasteiger partial charge in [-0.3, -0.25) is 14.6 Å². The number of carbonyl (C=O) groups is 1. The Morgan fingerprint density at radius 3 is 2.50 bits per heavy atom. The number of aryl methyl sites for hydroxylation is 1. The molecule has 0 spiro atoms. The van der Waals surface area contributed by atoms with Gasteiger partial charge in [0.2, 0.25) is 5.91 Å². The Morgan fingerprint density at radius 2 is 1.86 bits per heavy atom. The van der Waals surface area contributed by atoms with Crippen LogP contribution in [-0.2, 0) is 17.5 Å². The summed E-state index contributed by atoms with van der Waals surface area (Å²) in [5, 5.41) is 2.53. The first-order chi connectivity index (χ1) is 13.2. The van der Waals surface area contributed by atoms with Crippen molar-refractivity contribution in [2.24, 2.45) is 0 Å². The fourth-order valence-corrected chi connectivity index (χ4v) is 3.10. The maximum absolute atomic E-state index is 13.1. The van der Waals surface area contributed by atoms with Crippen molar-refractivity contribution in [3.05, 3.63) is 56.9 Å². The largest absolute Gasteiger partial charge is 0.416 e. The number of nitrogens with one attached hydrogen (secondary N) is 2. The van der Waals surface area contributed by atoms with Crippen molar-refractivity contribution in [3.8, 4) is 0 Å². The molecule has 1 aromatic carbocycles. The van der Waals surface area contributed by atoms with E-state index in [0.29, 0.717) is 18.8 Å². The van der Waals surface area contributed by atoms with E-state index in [1.54, 1.807) is 0 Å². The van der Waals surface area contributed by atoms with Crippen molar-refractivity contribution in [2.45, 2.75) is 32.0 Å². The van der Waals surface area contributed by atoms with E-state index in [0.717, 1.165) is 35.6 Å². The highest BCUT2D eigenvalue weighted by atomic mass is 19.4. The minimum atomic E-state index is -4.52. The molecule has 0 saturated carbocycles. The van der Waals surface area contributed by atoms with Crippen LogP contribution in [0.4, 0.5) is 24.5 Å². The molecule has 0 aliphatic carbocycles. The van der Waals surface area contributed by atoms with Crippen LogP contribution in [0.15, 0.2) is 40.1 Å². The van der Waals surface area contributed by atoms with E-state index in [1.807, 2.05) is 4.90 Å². The Kier molecular flexibility index (Phi) is 5.57. The lowest BCUT2D eigenvalue weighted by atomic mass is 10.1. The summed E-state index contributed by atoms with van der Waals surface area (Å²) in [5.41, 5.74) is -1.42. The van der Waals surface area contributed by atoms with Gasteiger partial charge in [0, 0.05) is 38.3 Å². The van der Waals surface area contributed by atoms with E-state index in [4.69, 9.17) is 0 Å². The zero-order valence-corrected chi connectivity index (χ0v) is 14.9. The Morgan fingerprint density at radius 1 is 1.14 bits per heavy atom. The van der Waals surface area contributed by atoms with Crippen LogP contribution in [0, 0.1) is 0 Å². The van der Waals surface area contributed by atoms with E-state index in [9.17, 15) is 27.6 Å². The van der Waals surface area contributed by atoms with Crippen molar-refractivity contribution >= 4 is 17.3 Å². The van der Waals surface area contributed by atoms with Crippen LogP contribution in [0.1, 0.15) is 24.8 Å². The number of anilines is 2. The highest BCUT2D eigenvalue weighted by molar-refractivity contribution is 5.94. The second-order valence-corrected chi connectivity index (χ2v) is 6.53. The van der Waals surface area contributed by atoms with E-state index >= 15 is 0 Å². The molecule has 2 N–H and O–H groups in total. The van der Waals surface area contributed by atoms with Gasteiger partial charge in [-0.2, -0.15) is 13.2 Å². The van der Waals surface area contributed by atoms with Gasteiger partial charge >= 0.3 is 11.9 Å². The van der Waals surface area contributed by atoms with E-state index in [1.165, 1.54) is 12.3 Å². The first kappa shape index (κ1) is 19.7. The van der Waals surface area contributed by atoms with Crippen LogP contribution in [-0.4, -0.2) is 28.5 Å². The predicted octanol–water partition coefficient (Wildman–Crippen LogP) is 2.18. The number of H-pyrrole nitrogens is 1. The van der Waals surface area contributed by atoms with E-state index in [2.05, 4.69) is 10.3 Å². The number of amides is 1. The van der Waals surface area contributed by atoms with Crippen LogP contribution in [0.3, 0.4) is 0 Å². The van der Waals surface area contributed by atoms with Gasteiger partial charge in [0.15, 0.2) is 0 Å². The number of aromatic nitrogens is 2. The number of hydrogen-bond donors (Lipinski definition) is 2. The fourth-order valence-electron chi connectivity index (χ4n) is 3.10. The van der Waals surface area contributed by atoms with Gasteiger partial charge in [0.1, 0.15) is 0 Å². The molecule has 2 heterocycles. The standard InChI is InChI=1S/C18H19F3N4O3/c19-18(20,21)12-3-4-14(24-7-1-2-8-24)13(11-12)22-15(26)5-9-25-10-6-16(27)23-17(25)28/h3-4,6,10-11H,1-2,5,7-9H2,(H,22,26)(H,23,27,28). The predicted molar refractivity (Wildman–Crippen MR) is 97.5 cm³/mol. The number of benzene rings is 1. The lowest BCUT2D eigenvalue weighted by molar-refractivity contribution is -0.137. The number of nitrogens with zero attached hydrogens (tertiary/aromatic N) is 2. The van der Waals surface area contributed by atoms with Crippen molar-refractivity contribution in [1.29, 1.82) is 0 Å². The molecule has 1 aliphatic rings. The van der Waals surface area contributed by atoms with Crippen LogP contribution in [0.25, 0.3) is 0 Å². The molecule has 0 atom stereocenters. The Labute approximate surface area is 157 Å². The van der Waals surface area contributed by atoms with Crippen molar-refractivity contribution in [3.63, 3.8) is 0 Å². The Hall–Kier alpha value is -3.04. The molecule has 1 amide bonds. The van der Waals surface area contributed by atoms with Crippen molar-refractivity contribution in [1.82, 2.24) is 9.55 Å². The molecule has 0 unspecified atom stereocenters. The zero-order chi connectivity index (χ0) is 20.3. The average molecular weight is 396 g/mol. The van der Waals surface area contributed by atoms with Gasteiger partial charge in [-0.25, -0.2) is 4.79 Å². The summed E-state index contributed by atoms with van der Waals surface area (Å²) in [4.78, 5) is 39.0. The summed E-state index contributed by atoms with van der Waals surface area (Å²) in [7, 11) is 0. The minimum absolute atomic E-state index is 0.0144. The first-order valence-corrected chi connectivity index (χ1v) is 8.80. The summed E-state index contributed by atoms with van der Waals surface area (Å²) in [6, 6.07) is 4.45. The van der Waals surface area contributed by atoms with Crippen LogP contribution in [0.5, 0.6) is 0 Å². The maximum atomic E-state index is 13.1. The molecule has 10 heteroatoms. The third kappa shape index (κ3) is 4.62. The molecule has 1 aliphatic heterocycles. The van der Waals surface area contributed by atoms with E-state index in [-0.39, 0.29) is 18.7 Å². The third-order valence-corrected chi connectivity index (χ3v) is 4.52. The normalized spacial score (nSPS) is 14.3. The number of aromatic amines is 1. The van der Waals surface area contributed by atoms with Gasteiger partial charge in [-0.05, 0) is 31.0 Å². The number of rotatable bonds is 5. The van der Waals surface area contributed by atoms with Gasteiger partial charge in [-0.15, -0.1) is 0 Å². The molecule has 0 bridgehead atoms. The highest BCUT2D eigenvalue weighted by Crippen LogP contribution is 2.36. The molecule has 150 valence electrons. The van der Waals surface area contributed by atoms with Crippen molar-refractivity contribution < 1.29 is 18.0 Å². The molecule has 28 heavy (non-hydrogen) atoms. The smallest absolute Gasteiger partial charge is 0.370 e. The number of alkyl halides is 3. The summed E-state index contributed by atoms with van der Waals surface area (Å²) in [6.07, 6.45) is -1.53. The fraction of sp³-hybridized carbons (Fsp3) is 0.389. The highest BCUT2D eigenvalue weighted by Gasteiger charge is 2.32. The summed E-state index contributed by atoms with van der Waals surface area (Å²) < 4.78 is 40.3.